The maximum Gasteiger partial charge on any atom is 0.326 e. The van der Waals surface area contributed by atoms with E-state index < -0.39 is 121 Å². The summed E-state index contributed by atoms with van der Waals surface area (Å²) in [5, 5.41) is 54.3. The van der Waals surface area contributed by atoms with Gasteiger partial charge in [0.05, 0.1) is 25.2 Å². The van der Waals surface area contributed by atoms with Crippen molar-refractivity contribution in [1.29, 1.82) is 0 Å². The number of carboxylic acids is 2. The number of nitrogens with one attached hydrogen (secondary N) is 6. The van der Waals surface area contributed by atoms with Gasteiger partial charge in [0.25, 0.3) is 0 Å². The highest BCUT2D eigenvalue weighted by atomic mass is 16.4. The van der Waals surface area contributed by atoms with Crippen LogP contribution in [0.1, 0.15) is 103 Å². The smallest absolute Gasteiger partial charge is 0.326 e. The molecule has 0 saturated carbocycles. The van der Waals surface area contributed by atoms with Crippen molar-refractivity contribution in [2.24, 2.45) is 28.7 Å². The van der Waals surface area contributed by atoms with Crippen molar-refractivity contribution in [3.8, 4) is 0 Å². The Bertz CT molecular complexity index is 1560. The summed E-state index contributed by atoms with van der Waals surface area (Å²) < 4.78 is 0. The second kappa shape index (κ2) is 31.8. The Kier molecular flexibility index (Phi) is 28.3. The summed E-state index contributed by atoms with van der Waals surface area (Å²) in [4.78, 5) is 119. The van der Waals surface area contributed by atoms with E-state index in [1.807, 2.05) is 0 Å². The number of aliphatic carboxylic acids is 2. The summed E-state index contributed by atoms with van der Waals surface area (Å²) >= 11 is 0. The molecular formula is C40H74N12O13. The van der Waals surface area contributed by atoms with Gasteiger partial charge in [-0.25, -0.2) is 4.79 Å². The number of hydrogen-bond donors (Lipinski definition) is 15. The fraction of sp³-hybridized carbons (Fsp3) is 0.775. The van der Waals surface area contributed by atoms with Gasteiger partial charge in [0.15, 0.2) is 0 Å². The number of nitrogens with two attached hydrogens (primary N) is 5. The van der Waals surface area contributed by atoms with Gasteiger partial charge >= 0.3 is 11.9 Å². The van der Waals surface area contributed by atoms with Crippen molar-refractivity contribution >= 4 is 53.3 Å². The molecule has 0 unspecified atom stereocenters. The van der Waals surface area contributed by atoms with Crippen LogP contribution in [0.15, 0.2) is 0 Å². The summed E-state index contributed by atoms with van der Waals surface area (Å²) in [5.74, 6) is -9.06. The number of carbonyl (C=O) groups is 9. The highest BCUT2D eigenvalue weighted by Crippen LogP contribution is 2.20. The van der Waals surface area contributed by atoms with Crippen molar-refractivity contribution < 1.29 is 63.6 Å². The first-order chi connectivity index (χ1) is 30.9. The number of likely N-dealkylation sites (tertiary alicyclic amines) is 1. The Morgan fingerprint density at radius 1 is 0.585 bits per heavy atom. The number of rotatable bonds is 34. The Morgan fingerprint density at radius 2 is 1.02 bits per heavy atom. The third kappa shape index (κ3) is 21.2. The average Bonchev–Trinajstić information content (AvgIpc) is 3.76. The number of nitrogens with zero attached hydrogens (tertiary/aromatic N) is 1. The Morgan fingerprint density at radius 3 is 1.51 bits per heavy atom. The molecule has 0 aromatic rings. The summed E-state index contributed by atoms with van der Waals surface area (Å²) in [6.07, 6.45) is 1.74. The van der Waals surface area contributed by atoms with Crippen LogP contribution in [0.5, 0.6) is 0 Å². The van der Waals surface area contributed by atoms with Gasteiger partial charge in [-0.05, 0) is 117 Å². The second-order valence-corrected chi connectivity index (χ2v) is 16.1. The monoisotopic (exact) mass is 931 g/mol. The number of hydrogen-bond acceptors (Lipinski definition) is 16. The fourth-order valence-electron chi connectivity index (χ4n) is 6.98. The van der Waals surface area contributed by atoms with E-state index in [1.165, 1.54) is 6.92 Å². The lowest BCUT2D eigenvalue weighted by Crippen LogP contribution is -2.61. The maximum absolute atomic E-state index is 14.1. The number of unbranched alkanes of at least 4 members (excludes halogenated alkanes) is 4. The number of carbonyl (C=O) groups excluding carboxylic acids is 7. The summed E-state index contributed by atoms with van der Waals surface area (Å²) in [5.41, 5.74) is 28.2. The first-order valence-corrected chi connectivity index (χ1v) is 22.3. The van der Waals surface area contributed by atoms with Crippen molar-refractivity contribution in [3.05, 3.63) is 0 Å². The van der Waals surface area contributed by atoms with Crippen LogP contribution in [0.25, 0.3) is 0 Å². The van der Waals surface area contributed by atoms with E-state index in [0.717, 1.165) is 4.90 Å². The predicted octanol–water partition coefficient (Wildman–Crippen LogP) is -5.34. The van der Waals surface area contributed by atoms with Crippen LogP contribution >= 0.6 is 0 Å². The lowest BCUT2D eigenvalue weighted by atomic mass is 10.0. The third-order valence-corrected chi connectivity index (χ3v) is 10.7. The minimum absolute atomic E-state index is 0.00438. The van der Waals surface area contributed by atoms with E-state index in [9.17, 15) is 63.6 Å². The number of aliphatic hydroxyl groups excluding tert-OH is 2. The van der Waals surface area contributed by atoms with Gasteiger partial charge in [0.1, 0.15) is 42.3 Å². The molecule has 25 nitrogen and oxygen atoms in total. The van der Waals surface area contributed by atoms with Crippen LogP contribution in [0.3, 0.4) is 0 Å². The van der Waals surface area contributed by atoms with Gasteiger partial charge < -0.3 is 85.9 Å². The third-order valence-electron chi connectivity index (χ3n) is 10.7. The molecule has 0 radical (unpaired) electrons. The SMILES string of the molecule is C[C@@H](O)[C@H](NC(=O)[C@H](CCCCN)NC(=O)[C@H](CC(=O)O)NC(=O)[C@@H](N)CCCCN)C(=O)N1CCC[C@H]1C(=O)N[C@@H](CCCCN)C(=O)N[C@@H](CO)C(=O)N[C@@H](CCCCN)C(=O)O. The van der Waals surface area contributed by atoms with Gasteiger partial charge in [-0.2, -0.15) is 0 Å². The summed E-state index contributed by atoms with van der Waals surface area (Å²) in [6, 6.07) is -11.2. The largest absolute Gasteiger partial charge is 0.481 e. The molecule has 20 N–H and O–H groups in total. The summed E-state index contributed by atoms with van der Waals surface area (Å²) in [6.45, 7) is 1.47. The highest BCUT2D eigenvalue weighted by Gasteiger charge is 2.41. The minimum Gasteiger partial charge on any atom is -0.481 e. The molecule has 65 heavy (non-hydrogen) atoms. The van der Waals surface area contributed by atoms with Crippen LogP contribution in [-0.4, -0.2) is 172 Å². The lowest BCUT2D eigenvalue weighted by molar-refractivity contribution is -0.145. The molecule has 1 heterocycles. The van der Waals surface area contributed by atoms with E-state index in [4.69, 9.17) is 28.7 Å². The molecule has 0 aliphatic carbocycles. The van der Waals surface area contributed by atoms with Gasteiger partial charge in [0, 0.05) is 6.54 Å². The van der Waals surface area contributed by atoms with Crippen molar-refractivity contribution in [2.45, 2.75) is 158 Å². The topological polar surface area (TPSA) is 440 Å². The van der Waals surface area contributed by atoms with E-state index in [2.05, 4.69) is 31.9 Å². The molecule has 1 rings (SSSR count). The summed E-state index contributed by atoms with van der Waals surface area (Å²) in [7, 11) is 0. The van der Waals surface area contributed by atoms with E-state index in [1.54, 1.807) is 0 Å². The number of carboxylic acid groups (broad SMARTS) is 2. The molecule has 372 valence electrons. The van der Waals surface area contributed by atoms with Crippen molar-refractivity contribution in [2.75, 3.05) is 39.3 Å². The van der Waals surface area contributed by atoms with E-state index in [0.29, 0.717) is 70.9 Å². The minimum atomic E-state index is -1.66. The molecule has 25 heteroatoms. The quantitative estimate of drug-likeness (QED) is 0.0268. The fourth-order valence-corrected chi connectivity index (χ4v) is 6.98. The van der Waals surface area contributed by atoms with Crippen LogP contribution in [0.4, 0.5) is 0 Å². The first-order valence-electron chi connectivity index (χ1n) is 22.3. The molecule has 1 saturated heterocycles. The van der Waals surface area contributed by atoms with E-state index in [-0.39, 0.29) is 51.7 Å². The highest BCUT2D eigenvalue weighted by molar-refractivity contribution is 5.98. The zero-order valence-electron chi connectivity index (χ0n) is 37.3. The normalized spacial score (nSPS) is 17.2. The zero-order chi connectivity index (χ0) is 49.1. The first kappa shape index (κ1) is 58.0. The molecule has 0 spiro atoms. The van der Waals surface area contributed by atoms with Gasteiger partial charge in [-0.3, -0.25) is 38.4 Å². The number of amides is 7. The van der Waals surface area contributed by atoms with Crippen LogP contribution in [-0.2, 0) is 43.2 Å². The predicted molar refractivity (Wildman–Crippen MR) is 235 cm³/mol. The molecule has 0 bridgehead atoms. The Balaban J connectivity index is 3.26. The second-order valence-electron chi connectivity index (χ2n) is 16.1. The molecule has 1 aliphatic heterocycles. The van der Waals surface area contributed by atoms with Crippen LogP contribution in [0.2, 0.25) is 0 Å². The molecule has 9 atom stereocenters. The standard InChI is InChI=1S/C40H74N12O13/c1-23(54)32(51-35(59)26(13-4-8-18-43)46-36(60)28(21-31(55)56)49-33(57)24(45)11-2-6-16-41)39(63)52-20-10-15-30(52)38(62)47-25(12-3-7-17-42)34(58)50-29(22-53)37(61)48-27(40(64)65)14-5-9-19-44/h23-30,32,53-54H,2-22,41-45H2,1H3,(H,46,60)(H,47,62)(H,48,61)(H,49,57)(H,50,58)(H,51,59)(H,55,56)(H,64,65)/t23-,24+,25+,26+,27+,28+,29+,30+,32+/m1/s1. The molecular weight excluding hydrogens is 857 g/mol. The number of aliphatic hydroxyl groups is 2. The lowest BCUT2D eigenvalue weighted by Gasteiger charge is -2.32. The van der Waals surface area contributed by atoms with Gasteiger partial charge in [-0.15, -0.1) is 0 Å². The van der Waals surface area contributed by atoms with Gasteiger partial charge in [0.2, 0.25) is 41.4 Å². The molecule has 7 amide bonds. The maximum atomic E-state index is 14.1. The van der Waals surface area contributed by atoms with Crippen LogP contribution < -0.4 is 60.6 Å². The average molecular weight is 931 g/mol. The molecule has 0 aromatic carbocycles. The Labute approximate surface area is 378 Å². The van der Waals surface area contributed by atoms with Crippen molar-refractivity contribution in [3.63, 3.8) is 0 Å². The molecule has 1 aliphatic rings. The van der Waals surface area contributed by atoms with Crippen LogP contribution in [0, 0.1) is 0 Å². The molecule has 0 aromatic heterocycles. The molecule has 1 fully saturated rings. The van der Waals surface area contributed by atoms with E-state index >= 15 is 0 Å². The Hall–Kier alpha value is -5.05. The zero-order valence-corrected chi connectivity index (χ0v) is 37.3. The van der Waals surface area contributed by atoms with Crippen molar-refractivity contribution in [1.82, 2.24) is 36.8 Å². The van der Waals surface area contributed by atoms with Gasteiger partial charge in [-0.1, -0.05) is 6.42 Å².